The summed E-state index contributed by atoms with van der Waals surface area (Å²) in [5.74, 6) is 0.252. The number of fused-ring (bicyclic) bond motifs is 1. The highest BCUT2D eigenvalue weighted by Gasteiger charge is 2.40. The molecule has 0 aliphatic heterocycles. The van der Waals surface area contributed by atoms with E-state index in [2.05, 4.69) is 39.4 Å². The van der Waals surface area contributed by atoms with Crippen LogP contribution in [-0.2, 0) is 17.6 Å². The number of carbonyl (C=O) groups is 1. The molecule has 0 saturated heterocycles. The molecule has 0 spiro atoms. The minimum absolute atomic E-state index is 0.252. The van der Waals surface area contributed by atoms with Crippen molar-refractivity contribution in [1.82, 2.24) is 15.1 Å². The van der Waals surface area contributed by atoms with Crippen molar-refractivity contribution in [3.05, 3.63) is 52.3 Å². The van der Waals surface area contributed by atoms with Gasteiger partial charge in [0, 0.05) is 17.3 Å². The van der Waals surface area contributed by atoms with Crippen LogP contribution in [-0.4, -0.2) is 27.0 Å². The number of benzene rings is 1. The van der Waals surface area contributed by atoms with Crippen LogP contribution in [0.5, 0.6) is 0 Å². The molecule has 4 rings (SSSR count). The van der Waals surface area contributed by atoms with Crippen LogP contribution >= 0.6 is 0 Å². The Morgan fingerprint density at radius 1 is 1.26 bits per heavy atom. The van der Waals surface area contributed by atoms with Gasteiger partial charge >= 0.3 is 0 Å². The monoisotopic (exact) mass is 309 g/mol. The van der Waals surface area contributed by atoms with Crippen molar-refractivity contribution in [3.8, 4) is 0 Å². The lowest BCUT2D eigenvalue weighted by Crippen LogP contribution is -2.37. The normalized spacial score (nSPS) is 19.7. The second kappa shape index (κ2) is 5.52. The van der Waals surface area contributed by atoms with Crippen molar-refractivity contribution >= 4 is 5.91 Å². The molecule has 1 amide bonds. The summed E-state index contributed by atoms with van der Waals surface area (Å²) in [7, 11) is 0. The molecule has 4 nitrogen and oxygen atoms in total. The number of carbonyl (C=O) groups excluding carboxylic acids is 1. The van der Waals surface area contributed by atoms with Crippen molar-refractivity contribution in [1.29, 1.82) is 0 Å². The summed E-state index contributed by atoms with van der Waals surface area (Å²) in [6, 6.07) is 9.30. The summed E-state index contributed by atoms with van der Waals surface area (Å²) < 4.78 is 0. The zero-order valence-corrected chi connectivity index (χ0v) is 13.8. The van der Waals surface area contributed by atoms with E-state index in [-0.39, 0.29) is 11.9 Å². The number of rotatable bonds is 4. The SMILES string of the molecule is Cc1n[nH]c(C)c1CC(=O)N(C1CC1)[C@H]1CCc2ccccc21. The first-order chi connectivity index (χ1) is 11.1. The molecule has 2 aromatic rings. The van der Waals surface area contributed by atoms with Crippen LogP contribution in [0.4, 0.5) is 0 Å². The Kier molecular flexibility index (Phi) is 3.47. The lowest BCUT2D eigenvalue weighted by Gasteiger charge is -2.30. The second-order valence-corrected chi connectivity index (χ2v) is 6.87. The second-order valence-electron chi connectivity index (χ2n) is 6.87. The minimum Gasteiger partial charge on any atom is -0.332 e. The molecule has 1 saturated carbocycles. The summed E-state index contributed by atoms with van der Waals surface area (Å²) in [6.07, 6.45) is 4.90. The first kappa shape index (κ1) is 14.5. The molecule has 4 heteroatoms. The summed E-state index contributed by atoms with van der Waals surface area (Å²) >= 11 is 0. The van der Waals surface area contributed by atoms with Gasteiger partial charge in [-0.25, -0.2) is 0 Å². The Labute approximate surface area is 136 Å². The molecule has 1 aromatic heterocycles. The maximum absolute atomic E-state index is 13.1. The maximum atomic E-state index is 13.1. The summed E-state index contributed by atoms with van der Waals surface area (Å²) in [4.78, 5) is 15.3. The molecule has 1 atom stereocenters. The van der Waals surface area contributed by atoms with Crippen LogP contribution in [0, 0.1) is 13.8 Å². The molecule has 1 heterocycles. The van der Waals surface area contributed by atoms with Gasteiger partial charge in [-0.15, -0.1) is 0 Å². The van der Waals surface area contributed by atoms with Crippen LogP contribution in [0.15, 0.2) is 24.3 Å². The van der Waals surface area contributed by atoms with Crippen LogP contribution in [0.25, 0.3) is 0 Å². The van der Waals surface area contributed by atoms with Gasteiger partial charge < -0.3 is 4.90 Å². The zero-order valence-electron chi connectivity index (χ0n) is 13.8. The lowest BCUT2D eigenvalue weighted by atomic mass is 10.0. The first-order valence-corrected chi connectivity index (χ1v) is 8.54. The molecule has 0 bridgehead atoms. The predicted molar refractivity (Wildman–Crippen MR) is 89.1 cm³/mol. The van der Waals surface area contributed by atoms with E-state index in [1.807, 2.05) is 13.8 Å². The Morgan fingerprint density at radius 2 is 2.04 bits per heavy atom. The van der Waals surface area contributed by atoms with Crippen LogP contribution in [0.1, 0.15) is 53.4 Å². The van der Waals surface area contributed by atoms with Gasteiger partial charge in [0.25, 0.3) is 0 Å². The number of hydrogen-bond acceptors (Lipinski definition) is 2. The number of amides is 1. The van der Waals surface area contributed by atoms with Gasteiger partial charge in [0.15, 0.2) is 0 Å². The van der Waals surface area contributed by atoms with Crippen molar-refractivity contribution in [3.63, 3.8) is 0 Å². The Hall–Kier alpha value is -2.10. The smallest absolute Gasteiger partial charge is 0.227 e. The van der Waals surface area contributed by atoms with Gasteiger partial charge in [0.05, 0.1) is 18.2 Å². The van der Waals surface area contributed by atoms with E-state index in [1.54, 1.807) is 0 Å². The lowest BCUT2D eigenvalue weighted by molar-refractivity contribution is -0.133. The number of H-pyrrole nitrogens is 1. The van der Waals surface area contributed by atoms with Gasteiger partial charge in [-0.3, -0.25) is 9.89 Å². The van der Waals surface area contributed by atoms with Gasteiger partial charge in [-0.1, -0.05) is 24.3 Å². The van der Waals surface area contributed by atoms with Gasteiger partial charge in [-0.2, -0.15) is 5.10 Å². The molecule has 1 aromatic carbocycles. The predicted octanol–water partition coefficient (Wildman–Crippen LogP) is 3.25. The summed E-state index contributed by atoms with van der Waals surface area (Å²) in [5, 5.41) is 7.22. The highest BCUT2D eigenvalue weighted by molar-refractivity contribution is 5.80. The maximum Gasteiger partial charge on any atom is 0.227 e. The van der Waals surface area contributed by atoms with E-state index in [1.165, 1.54) is 11.1 Å². The van der Waals surface area contributed by atoms with E-state index in [0.29, 0.717) is 12.5 Å². The number of aromatic amines is 1. The highest BCUT2D eigenvalue weighted by Crippen LogP contribution is 2.42. The van der Waals surface area contributed by atoms with Gasteiger partial charge in [0.1, 0.15) is 0 Å². The van der Waals surface area contributed by atoms with E-state index in [9.17, 15) is 4.79 Å². The van der Waals surface area contributed by atoms with E-state index >= 15 is 0 Å². The van der Waals surface area contributed by atoms with E-state index in [0.717, 1.165) is 42.6 Å². The third-order valence-electron chi connectivity index (χ3n) is 5.27. The van der Waals surface area contributed by atoms with Crippen LogP contribution in [0.3, 0.4) is 0 Å². The first-order valence-electron chi connectivity index (χ1n) is 8.54. The number of nitrogens with zero attached hydrogens (tertiary/aromatic N) is 2. The summed E-state index contributed by atoms with van der Waals surface area (Å²) in [5.41, 5.74) is 5.78. The topological polar surface area (TPSA) is 49.0 Å². The van der Waals surface area contributed by atoms with Crippen LogP contribution < -0.4 is 0 Å². The zero-order chi connectivity index (χ0) is 16.0. The van der Waals surface area contributed by atoms with Crippen molar-refractivity contribution in [2.75, 3.05) is 0 Å². The molecule has 0 radical (unpaired) electrons. The van der Waals surface area contributed by atoms with E-state index in [4.69, 9.17) is 0 Å². The number of aryl methyl sites for hydroxylation is 3. The number of hydrogen-bond donors (Lipinski definition) is 1. The number of aromatic nitrogens is 2. The minimum atomic E-state index is 0.252. The molecule has 2 aliphatic rings. The quantitative estimate of drug-likeness (QED) is 0.942. The third kappa shape index (κ3) is 2.56. The molecule has 0 unspecified atom stereocenters. The van der Waals surface area contributed by atoms with Crippen LogP contribution in [0.2, 0.25) is 0 Å². The van der Waals surface area contributed by atoms with E-state index < -0.39 is 0 Å². The molecule has 1 fully saturated rings. The molecular weight excluding hydrogens is 286 g/mol. The molecule has 1 N–H and O–H groups in total. The summed E-state index contributed by atoms with van der Waals surface area (Å²) in [6.45, 7) is 3.97. The fraction of sp³-hybridized carbons (Fsp3) is 0.474. The average molecular weight is 309 g/mol. The Bertz CT molecular complexity index is 725. The average Bonchev–Trinajstić information content (AvgIpc) is 3.22. The third-order valence-corrected chi connectivity index (χ3v) is 5.27. The Morgan fingerprint density at radius 3 is 2.74 bits per heavy atom. The largest absolute Gasteiger partial charge is 0.332 e. The molecule has 120 valence electrons. The van der Waals surface area contributed by atoms with Crippen molar-refractivity contribution in [2.45, 2.75) is 58.0 Å². The molecule has 23 heavy (non-hydrogen) atoms. The van der Waals surface area contributed by atoms with Crippen molar-refractivity contribution in [2.24, 2.45) is 0 Å². The highest BCUT2D eigenvalue weighted by atomic mass is 16.2. The van der Waals surface area contributed by atoms with Crippen molar-refractivity contribution < 1.29 is 4.79 Å². The standard InChI is InChI=1S/C19H23N3O/c1-12-17(13(2)21-20-12)11-19(23)22(15-8-9-15)18-10-7-14-5-3-4-6-16(14)18/h3-6,15,18H,7-11H2,1-2H3,(H,20,21)/t18-/m0/s1. The van der Waals surface area contributed by atoms with Gasteiger partial charge in [-0.05, 0) is 50.7 Å². The fourth-order valence-corrected chi connectivity index (χ4v) is 3.89. The van der Waals surface area contributed by atoms with Gasteiger partial charge in [0.2, 0.25) is 5.91 Å². The number of nitrogens with one attached hydrogen (secondary N) is 1. The fourth-order valence-electron chi connectivity index (χ4n) is 3.89. The Balaban J connectivity index is 1.61. The molecular formula is C19H23N3O. The molecule has 2 aliphatic carbocycles.